The predicted octanol–water partition coefficient (Wildman–Crippen LogP) is 2.59. The van der Waals surface area contributed by atoms with Gasteiger partial charge in [-0.2, -0.15) is 0 Å². The minimum absolute atomic E-state index is 0.111. The topological polar surface area (TPSA) is 69.7 Å². The molecule has 3 amide bonds. The summed E-state index contributed by atoms with van der Waals surface area (Å²) in [6.45, 7) is 0.369. The molecule has 4 rings (SSSR count). The fourth-order valence-electron chi connectivity index (χ4n) is 3.44. The molecular weight excluding hydrogens is 418 g/mol. The van der Waals surface area contributed by atoms with Gasteiger partial charge >= 0.3 is 0 Å². The van der Waals surface area contributed by atoms with Crippen molar-refractivity contribution in [1.29, 1.82) is 0 Å². The predicted molar refractivity (Wildman–Crippen MR) is 122 cm³/mol. The van der Waals surface area contributed by atoms with Gasteiger partial charge in [-0.3, -0.25) is 24.2 Å². The van der Waals surface area contributed by atoms with Gasteiger partial charge in [0.2, 0.25) is 5.91 Å². The fraction of sp³-hybridized carbons (Fsp3) is 0.182. The number of nitrogens with zero attached hydrogens (tertiary/aromatic N) is 2. The second-order valence-electron chi connectivity index (χ2n) is 6.93. The Morgan fingerprint density at radius 3 is 2.43 bits per heavy atom. The maximum Gasteiger partial charge on any atom is 0.266 e. The summed E-state index contributed by atoms with van der Waals surface area (Å²) < 4.78 is 0.407. The molecule has 30 heavy (non-hydrogen) atoms. The maximum atomic E-state index is 13.2. The van der Waals surface area contributed by atoms with E-state index >= 15 is 0 Å². The number of hydrogen-bond acceptors (Lipinski definition) is 5. The SMILES string of the molecule is CN1C(=O)C(=C2C(=O)N(CC(=O)NCCc3ccccc3)c3ccccc32)SC1=S. The summed E-state index contributed by atoms with van der Waals surface area (Å²) in [5, 5.41) is 2.87. The summed E-state index contributed by atoms with van der Waals surface area (Å²) in [5.74, 6) is -0.904. The van der Waals surface area contributed by atoms with Crippen molar-refractivity contribution < 1.29 is 14.4 Å². The summed E-state index contributed by atoms with van der Waals surface area (Å²) >= 11 is 6.32. The van der Waals surface area contributed by atoms with Gasteiger partial charge < -0.3 is 5.32 Å². The Labute approximate surface area is 183 Å². The highest BCUT2D eigenvalue weighted by Gasteiger charge is 2.41. The highest BCUT2D eigenvalue weighted by Crippen LogP contribution is 2.43. The van der Waals surface area contributed by atoms with Crippen molar-refractivity contribution in [3.05, 3.63) is 70.6 Å². The molecule has 0 spiro atoms. The van der Waals surface area contributed by atoms with Crippen LogP contribution in [-0.2, 0) is 20.8 Å². The molecule has 2 heterocycles. The molecule has 0 saturated carbocycles. The molecule has 2 aliphatic heterocycles. The highest BCUT2D eigenvalue weighted by molar-refractivity contribution is 8.26. The van der Waals surface area contributed by atoms with E-state index in [1.165, 1.54) is 9.80 Å². The molecule has 0 atom stereocenters. The quantitative estimate of drug-likeness (QED) is 0.575. The molecule has 6 nitrogen and oxygen atoms in total. The number of likely N-dealkylation sites (N-methyl/N-ethyl adjacent to an activating group) is 1. The number of hydrogen-bond donors (Lipinski definition) is 1. The molecule has 1 N–H and O–H groups in total. The molecule has 2 aliphatic rings. The first-order valence-corrected chi connectivity index (χ1v) is 10.7. The Morgan fingerprint density at radius 2 is 1.73 bits per heavy atom. The zero-order valence-electron chi connectivity index (χ0n) is 16.3. The monoisotopic (exact) mass is 437 g/mol. The number of rotatable bonds is 5. The lowest BCUT2D eigenvalue weighted by molar-refractivity contribution is -0.122. The number of anilines is 1. The molecule has 2 aromatic carbocycles. The first kappa shape index (κ1) is 20.3. The lowest BCUT2D eigenvalue weighted by atomic mass is 10.1. The summed E-state index contributed by atoms with van der Waals surface area (Å²) in [6, 6.07) is 17.0. The van der Waals surface area contributed by atoms with E-state index in [9.17, 15) is 14.4 Å². The molecule has 2 aromatic rings. The standard InChI is InChI=1S/C22H19N3O3S2/c1-24-21(28)19(30-22(24)29)18-15-9-5-6-10-16(15)25(20(18)27)13-17(26)23-12-11-14-7-3-2-4-8-14/h2-10H,11-13H2,1H3,(H,23,26). The third-order valence-corrected chi connectivity index (χ3v) is 6.55. The summed E-state index contributed by atoms with van der Waals surface area (Å²) in [7, 11) is 1.59. The number of amides is 3. The van der Waals surface area contributed by atoms with E-state index in [1.54, 1.807) is 25.2 Å². The van der Waals surface area contributed by atoms with Crippen LogP contribution >= 0.6 is 24.0 Å². The van der Waals surface area contributed by atoms with E-state index in [4.69, 9.17) is 12.2 Å². The van der Waals surface area contributed by atoms with E-state index in [0.29, 0.717) is 39.0 Å². The second kappa shape index (κ2) is 8.41. The molecule has 152 valence electrons. The van der Waals surface area contributed by atoms with Gasteiger partial charge in [0.1, 0.15) is 10.9 Å². The average molecular weight is 438 g/mol. The van der Waals surface area contributed by atoms with Gasteiger partial charge in [0, 0.05) is 19.2 Å². The molecule has 0 aliphatic carbocycles. The maximum absolute atomic E-state index is 13.2. The van der Waals surface area contributed by atoms with Crippen LogP contribution in [0.3, 0.4) is 0 Å². The number of carbonyl (C=O) groups is 3. The van der Waals surface area contributed by atoms with E-state index in [-0.39, 0.29) is 24.3 Å². The molecular formula is C22H19N3O3S2. The molecule has 0 unspecified atom stereocenters. The van der Waals surface area contributed by atoms with Crippen molar-refractivity contribution in [3.8, 4) is 0 Å². The molecule has 0 aromatic heterocycles. The number of carbonyl (C=O) groups excluding carboxylic acids is 3. The summed E-state index contributed by atoms with van der Waals surface area (Å²) in [6.07, 6.45) is 0.710. The fourth-order valence-corrected chi connectivity index (χ4v) is 4.69. The van der Waals surface area contributed by atoms with Crippen LogP contribution in [-0.4, -0.2) is 47.1 Å². The van der Waals surface area contributed by atoms with E-state index in [0.717, 1.165) is 17.3 Å². The van der Waals surface area contributed by atoms with Crippen LogP contribution in [0, 0.1) is 0 Å². The Morgan fingerprint density at radius 1 is 1.03 bits per heavy atom. The first-order chi connectivity index (χ1) is 14.5. The highest BCUT2D eigenvalue weighted by atomic mass is 32.2. The molecule has 1 saturated heterocycles. The van der Waals surface area contributed by atoms with Gasteiger partial charge in [-0.15, -0.1) is 0 Å². The normalized spacial score (nSPS) is 18.2. The molecule has 0 bridgehead atoms. The molecule has 1 fully saturated rings. The van der Waals surface area contributed by atoms with Gasteiger partial charge in [-0.1, -0.05) is 72.5 Å². The lowest BCUT2D eigenvalue weighted by Crippen LogP contribution is -2.39. The third-order valence-electron chi connectivity index (χ3n) is 4.99. The minimum atomic E-state index is -0.358. The summed E-state index contributed by atoms with van der Waals surface area (Å²) in [5.41, 5.74) is 2.71. The Bertz CT molecular complexity index is 1080. The molecule has 0 radical (unpaired) electrons. The Kier molecular flexibility index (Phi) is 5.69. The van der Waals surface area contributed by atoms with Crippen LogP contribution in [0.5, 0.6) is 0 Å². The van der Waals surface area contributed by atoms with Crippen molar-refractivity contribution in [1.82, 2.24) is 10.2 Å². The van der Waals surface area contributed by atoms with Crippen molar-refractivity contribution in [2.45, 2.75) is 6.42 Å². The summed E-state index contributed by atoms with van der Waals surface area (Å²) in [4.78, 5) is 41.4. The van der Waals surface area contributed by atoms with Crippen molar-refractivity contribution in [3.63, 3.8) is 0 Å². The van der Waals surface area contributed by atoms with Gasteiger partial charge in [0.05, 0.1) is 16.2 Å². The van der Waals surface area contributed by atoms with Crippen LogP contribution < -0.4 is 10.2 Å². The zero-order chi connectivity index (χ0) is 21.3. The number of thiocarbonyl (C=S) groups is 1. The van der Waals surface area contributed by atoms with Gasteiger partial charge in [-0.05, 0) is 18.1 Å². The van der Waals surface area contributed by atoms with E-state index < -0.39 is 0 Å². The van der Waals surface area contributed by atoms with Gasteiger partial charge in [-0.25, -0.2) is 0 Å². The minimum Gasteiger partial charge on any atom is -0.354 e. The number of thioether (sulfide) groups is 1. The van der Waals surface area contributed by atoms with Crippen LogP contribution in [0.1, 0.15) is 11.1 Å². The van der Waals surface area contributed by atoms with E-state index in [2.05, 4.69) is 5.32 Å². The average Bonchev–Trinajstić information content (AvgIpc) is 3.16. The number of fused-ring (bicyclic) bond motifs is 1. The van der Waals surface area contributed by atoms with Crippen molar-refractivity contribution >= 4 is 57.3 Å². The number of benzene rings is 2. The first-order valence-electron chi connectivity index (χ1n) is 9.43. The lowest BCUT2D eigenvalue weighted by Gasteiger charge is -2.16. The van der Waals surface area contributed by atoms with Crippen LogP contribution in [0.2, 0.25) is 0 Å². The Hall–Kier alpha value is -2.97. The zero-order valence-corrected chi connectivity index (χ0v) is 17.9. The number of para-hydroxylation sites is 1. The van der Waals surface area contributed by atoms with Crippen LogP contribution in [0.25, 0.3) is 5.57 Å². The van der Waals surface area contributed by atoms with Crippen molar-refractivity contribution in [2.24, 2.45) is 0 Å². The van der Waals surface area contributed by atoms with Gasteiger partial charge in [0.15, 0.2) is 0 Å². The second-order valence-corrected chi connectivity index (χ2v) is 8.57. The molecule has 8 heteroatoms. The van der Waals surface area contributed by atoms with Gasteiger partial charge in [0.25, 0.3) is 11.8 Å². The van der Waals surface area contributed by atoms with Crippen molar-refractivity contribution in [2.75, 3.05) is 25.0 Å². The number of nitrogens with one attached hydrogen (secondary N) is 1. The Balaban J connectivity index is 1.52. The largest absolute Gasteiger partial charge is 0.354 e. The van der Waals surface area contributed by atoms with E-state index in [1.807, 2.05) is 36.4 Å². The smallest absolute Gasteiger partial charge is 0.266 e. The van der Waals surface area contributed by atoms with Crippen LogP contribution in [0.4, 0.5) is 5.69 Å². The third kappa shape index (κ3) is 3.76. The van der Waals surface area contributed by atoms with Crippen LogP contribution in [0.15, 0.2) is 59.5 Å².